The summed E-state index contributed by atoms with van der Waals surface area (Å²) in [5.74, 6) is 0.250. The number of hydrogen-bond donors (Lipinski definition) is 0. The number of hydrogen-bond acceptors (Lipinski definition) is 4. The number of amides is 1. The van der Waals surface area contributed by atoms with Gasteiger partial charge in [0.25, 0.3) is 11.6 Å². The fourth-order valence-corrected chi connectivity index (χ4v) is 1.65. The zero-order valence-corrected chi connectivity index (χ0v) is 8.67. The molecule has 1 amide bonds. The van der Waals surface area contributed by atoms with E-state index in [2.05, 4.69) is 0 Å². The quantitative estimate of drug-likeness (QED) is 0.559. The molecule has 0 N–H and O–H groups in total. The van der Waals surface area contributed by atoms with Gasteiger partial charge in [0.15, 0.2) is 12.4 Å². The second-order valence-corrected chi connectivity index (χ2v) is 3.34. The van der Waals surface area contributed by atoms with E-state index in [4.69, 9.17) is 4.74 Å². The Morgan fingerprint density at radius 1 is 1.56 bits per heavy atom. The van der Waals surface area contributed by atoms with Gasteiger partial charge < -0.3 is 9.64 Å². The van der Waals surface area contributed by atoms with Crippen molar-refractivity contribution in [1.29, 1.82) is 0 Å². The van der Waals surface area contributed by atoms with Crippen LogP contribution in [0.1, 0.15) is 6.92 Å². The summed E-state index contributed by atoms with van der Waals surface area (Å²) >= 11 is 0. The lowest BCUT2D eigenvalue weighted by Gasteiger charge is -2.27. The second kappa shape index (κ2) is 3.80. The van der Waals surface area contributed by atoms with E-state index in [0.29, 0.717) is 18.0 Å². The Labute approximate surface area is 91.6 Å². The number of nitro groups is 1. The van der Waals surface area contributed by atoms with E-state index in [1.54, 1.807) is 4.90 Å². The number of fused-ring (bicyclic) bond motifs is 1. The summed E-state index contributed by atoms with van der Waals surface area (Å²) in [6.45, 7) is 2.30. The molecule has 6 heteroatoms. The highest BCUT2D eigenvalue weighted by Crippen LogP contribution is 2.34. The number of non-ortho nitro benzene ring substituents is 1. The number of carbonyl (C=O) groups is 1. The lowest BCUT2D eigenvalue weighted by Crippen LogP contribution is -2.38. The standard InChI is InChI=1S/C10H10N2O4/c1-2-11-8-4-3-7(12(14)15)5-9(8)16-6-10(11)13/h3-5H,2,6H2,1H3. The molecule has 2 rings (SSSR count). The van der Waals surface area contributed by atoms with Gasteiger partial charge in [0.05, 0.1) is 16.7 Å². The lowest BCUT2D eigenvalue weighted by molar-refractivity contribution is -0.384. The van der Waals surface area contributed by atoms with Crippen molar-refractivity contribution >= 4 is 17.3 Å². The zero-order valence-electron chi connectivity index (χ0n) is 8.67. The van der Waals surface area contributed by atoms with Gasteiger partial charge in [-0.05, 0) is 13.0 Å². The number of carbonyl (C=O) groups excluding carboxylic acids is 1. The van der Waals surface area contributed by atoms with Gasteiger partial charge in [-0.2, -0.15) is 0 Å². The van der Waals surface area contributed by atoms with Crippen molar-refractivity contribution in [3.8, 4) is 5.75 Å². The van der Waals surface area contributed by atoms with Gasteiger partial charge in [-0.25, -0.2) is 0 Å². The maximum atomic E-state index is 11.5. The molecule has 0 unspecified atom stereocenters. The predicted octanol–water partition coefficient (Wildman–Crippen LogP) is 1.34. The van der Waals surface area contributed by atoms with E-state index in [-0.39, 0.29) is 18.2 Å². The van der Waals surface area contributed by atoms with Crippen molar-refractivity contribution in [3.05, 3.63) is 28.3 Å². The fourth-order valence-electron chi connectivity index (χ4n) is 1.65. The molecule has 0 aromatic heterocycles. The van der Waals surface area contributed by atoms with Crippen LogP contribution in [0.3, 0.4) is 0 Å². The Bertz CT molecular complexity index is 458. The van der Waals surface area contributed by atoms with E-state index in [1.165, 1.54) is 18.2 Å². The van der Waals surface area contributed by atoms with Gasteiger partial charge in [0, 0.05) is 12.6 Å². The van der Waals surface area contributed by atoms with Gasteiger partial charge in [-0.15, -0.1) is 0 Å². The van der Waals surface area contributed by atoms with Crippen molar-refractivity contribution in [3.63, 3.8) is 0 Å². The van der Waals surface area contributed by atoms with Crippen LogP contribution in [0.5, 0.6) is 5.75 Å². The normalized spacial score (nSPS) is 14.3. The Hall–Kier alpha value is -2.11. The fraction of sp³-hybridized carbons (Fsp3) is 0.300. The molecule has 1 heterocycles. The summed E-state index contributed by atoms with van der Waals surface area (Å²) in [7, 11) is 0. The Balaban J connectivity index is 2.46. The summed E-state index contributed by atoms with van der Waals surface area (Å²) in [5, 5.41) is 10.6. The molecular formula is C10H10N2O4. The SMILES string of the molecule is CCN1C(=O)COc2cc([N+](=O)[O-])ccc21. The van der Waals surface area contributed by atoms with E-state index >= 15 is 0 Å². The Morgan fingerprint density at radius 3 is 2.94 bits per heavy atom. The van der Waals surface area contributed by atoms with Crippen molar-refractivity contribution in [2.24, 2.45) is 0 Å². The summed E-state index contributed by atoms with van der Waals surface area (Å²) in [6.07, 6.45) is 0. The molecule has 1 aliphatic rings. The third kappa shape index (κ3) is 1.58. The first-order chi connectivity index (χ1) is 7.63. The van der Waals surface area contributed by atoms with Crippen LogP contribution in [0.25, 0.3) is 0 Å². The van der Waals surface area contributed by atoms with Crippen LogP contribution in [0.4, 0.5) is 11.4 Å². The number of ether oxygens (including phenoxy) is 1. The largest absolute Gasteiger partial charge is 0.481 e. The molecule has 1 aromatic carbocycles. The van der Waals surface area contributed by atoms with Crippen molar-refractivity contribution in [2.75, 3.05) is 18.1 Å². The average molecular weight is 222 g/mol. The van der Waals surface area contributed by atoms with Gasteiger partial charge in [-0.3, -0.25) is 14.9 Å². The molecule has 0 saturated carbocycles. The molecule has 0 aliphatic carbocycles. The van der Waals surface area contributed by atoms with Crippen molar-refractivity contribution < 1.29 is 14.5 Å². The number of benzene rings is 1. The van der Waals surface area contributed by atoms with Gasteiger partial charge in [-0.1, -0.05) is 0 Å². The number of anilines is 1. The molecule has 0 spiro atoms. The van der Waals surface area contributed by atoms with Crippen molar-refractivity contribution in [2.45, 2.75) is 6.92 Å². The summed E-state index contributed by atoms with van der Waals surface area (Å²) in [6, 6.07) is 4.24. The van der Waals surface area contributed by atoms with Crippen LogP contribution < -0.4 is 9.64 Å². The van der Waals surface area contributed by atoms with Gasteiger partial charge in [0.2, 0.25) is 0 Å². The molecule has 0 saturated heterocycles. The number of nitrogens with zero attached hydrogens (tertiary/aromatic N) is 2. The molecule has 0 atom stereocenters. The van der Waals surface area contributed by atoms with Crippen LogP contribution in [-0.4, -0.2) is 24.0 Å². The molecule has 16 heavy (non-hydrogen) atoms. The third-order valence-corrected chi connectivity index (χ3v) is 2.41. The van der Waals surface area contributed by atoms with Crippen LogP contribution in [-0.2, 0) is 4.79 Å². The minimum Gasteiger partial charge on any atom is -0.481 e. The highest BCUT2D eigenvalue weighted by molar-refractivity contribution is 5.97. The first-order valence-corrected chi connectivity index (χ1v) is 4.85. The average Bonchev–Trinajstić information content (AvgIpc) is 2.28. The van der Waals surface area contributed by atoms with E-state index < -0.39 is 4.92 Å². The Morgan fingerprint density at radius 2 is 2.31 bits per heavy atom. The summed E-state index contributed by atoms with van der Waals surface area (Å²) in [5.41, 5.74) is 0.550. The molecular weight excluding hydrogens is 212 g/mol. The maximum absolute atomic E-state index is 11.5. The number of rotatable bonds is 2. The van der Waals surface area contributed by atoms with Crippen molar-refractivity contribution in [1.82, 2.24) is 0 Å². The molecule has 0 radical (unpaired) electrons. The van der Waals surface area contributed by atoms with E-state index in [9.17, 15) is 14.9 Å². The molecule has 84 valence electrons. The van der Waals surface area contributed by atoms with Gasteiger partial charge >= 0.3 is 0 Å². The van der Waals surface area contributed by atoms with Crippen LogP contribution in [0, 0.1) is 10.1 Å². The topological polar surface area (TPSA) is 72.7 Å². The maximum Gasteiger partial charge on any atom is 0.273 e. The van der Waals surface area contributed by atoms with E-state index in [1.807, 2.05) is 6.92 Å². The molecule has 1 aliphatic heterocycles. The van der Waals surface area contributed by atoms with Crippen LogP contribution in [0.15, 0.2) is 18.2 Å². The minimum atomic E-state index is -0.490. The summed E-state index contributed by atoms with van der Waals surface area (Å²) in [4.78, 5) is 23.1. The van der Waals surface area contributed by atoms with Gasteiger partial charge in [0.1, 0.15) is 0 Å². The molecule has 0 bridgehead atoms. The first-order valence-electron chi connectivity index (χ1n) is 4.85. The highest BCUT2D eigenvalue weighted by Gasteiger charge is 2.25. The Kier molecular flexibility index (Phi) is 2.47. The van der Waals surface area contributed by atoms with Crippen LogP contribution in [0.2, 0.25) is 0 Å². The predicted molar refractivity (Wildman–Crippen MR) is 56.6 cm³/mol. The molecule has 0 fully saturated rings. The molecule has 1 aromatic rings. The first kappa shape index (κ1) is 10.4. The number of nitro benzene ring substituents is 1. The van der Waals surface area contributed by atoms with E-state index in [0.717, 1.165) is 0 Å². The van der Waals surface area contributed by atoms with Crippen LogP contribution >= 0.6 is 0 Å². The highest BCUT2D eigenvalue weighted by atomic mass is 16.6. The lowest BCUT2D eigenvalue weighted by atomic mass is 10.2. The molecule has 6 nitrogen and oxygen atoms in total. The smallest absolute Gasteiger partial charge is 0.273 e. The summed E-state index contributed by atoms with van der Waals surface area (Å²) < 4.78 is 5.16. The third-order valence-electron chi connectivity index (χ3n) is 2.41. The monoisotopic (exact) mass is 222 g/mol. The zero-order chi connectivity index (χ0) is 11.7. The second-order valence-electron chi connectivity index (χ2n) is 3.34. The minimum absolute atomic E-state index is 0.0378. The number of likely N-dealkylation sites (N-methyl/N-ethyl adjacent to an activating group) is 1.